The Morgan fingerprint density at radius 1 is 1.28 bits per heavy atom. The van der Waals surface area contributed by atoms with Crippen molar-refractivity contribution in [2.75, 3.05) is 5.32 Å². The van der Waals surface area contributed by atoms with E-state index in [2.05, 4.69) is 5.32 Å². The van der Waals surface area contributed by atoms with Crippen molar-refractivity contribution < 1.29 is 9.59 Å². The highest BCUT2D eigenvalue weighted by Gasteiger charge is 2.07. The Hall–Kier alpha value is -2.07. The largest absolute Gasteiger partial charge is 0.336 e. The molecule has 2 aromatic rings. The van der Waals surface area contributed by atoms with Crippen LogP contribution >= 0.6 is 11.6 Å². The van der Waals surface area contributed by atoms with Crippen molar-refractivity contribution in [2.24, 2.45) is 0 Å². The zero-order chi connectivity index (χ0) is 13.0. The highest BCUT2D eigenvalue weighted by atomic mass is 35.5. The van der Waals surface area contributed by atoms with E-state index in [9.17, 15) is 9.59 Å². The van der Waals surface area contributed by atoms with E-state index < -0.39 is 0 Å². The number of aldehydes is 1. The minimum absolute atomic E-state index is 0.0757. The summed E-state index contributed by atoms with van der Waals surface area (Å²) in [7, 11) is 0. The van der Waals surface area contributed by atoms with Crippen molar-refractivity contribution in [3.63, 3.8) is 0 Å². The lowest BCUT2D eigenvalue weighted by Gasteiger charge is -2.08. The highest BCUT2D eigenvalue weighted by molar-refractivity contribution is 6.33. The maximum atomic E-state index is 11.8. The Morgan fingerprint density at radius 2 is 2.06 bits per heavy atom. The lowest BCUT2D eigenvalue weighted by Crippen LogP contribution is -2.19. The van der Waals surface area contributed by atoms with Crippen LogP contribution in [0.5, 0.6) is 0 Å². The van der Waals surface area contributed by atoms with E-state index in [1.165, 1.54) is 0 Å². The summed E-state index contributed by atoms with van der Waals surface area (Å²) in [4.78, 5) is 22.5. The first kappa shape index (κ1) is 12.4. The number of nitrogens with one attached hydrogen (secondary N) is 1. The van der Waals surface area contributed by atoms with Crippen LogP contribution in [0.15, 0.2) is 42.6 Å². The van der Waals surface area contributed by atoms with Gasteiger partial charge >= 0.3 is 0 Å². The Labute approximate surface area is 109 Å². The molecule has 0 fully saturated rings. The SMILES string of the molecule is O=Cc1cccn1CC(=O)Nc1ccccc1Cl. The lowest BCUT2D eigenvalue weighted by molar-refractivity contribution is -0.116. The molecule has 1 aromatic heterocycles. The molecule has 92 valence electrons. The summed E-state index contributed by atoms with van der Waals surface area (Å²) in [5, 5.41) is 3.17. The molecule has 0 aliphatic rings. The fourth-order valence-electron chi connectivity index (χ4n) is 1.59. The number of nitrogens with zero attached hydrogens (tertiary/aromatic N) is 1. The molecule has 0 unspecified atom stereocenters. The zero-order valence-corrected chi connectivity index (χ0v) is 10.2. The average Bonchev–Trinajstić information content (AvgIpc) is 2.79. The van der Waals surface area contributed by atoms with Crippen molar-refractivity contribution in [3.8, 4) is 0 Å². The fraction of sp³-hybridized carbons (Fsp3) is 0.0769. The van der Waals surface area contributed by atoms with E-state index in [0.29, 0.717) is 22.7 Å². The Morgan fingerprint density at radius 3 is 2.78 bits per heavy atom. The smallest absolute Gasteiger partial charge is 0.244 e. The molecule has 1 amide bonds. The number of halogens is 1. The van der Waals surface area contributed by atoms with Crippen molar-refractivity contribution in [2.45, 2.75) is 6.54 Å². The van der Waals surface area contributed by atoms with Gasteiger partial charge in [0, 0.05) is 6.20 Å². The molecule has 0 aliphatic carbocycles. The number of aromatic nitrogens is 1. The van der Waals surface area contributed by atoms with Gasteiger partial charge in [0.1, 0.15) is 6.54 Å². The Bertz CT molecular complexity index is 578. The third-order valence-electron chi connectivity index (χ3n) is 2.45. The molecule has 0 saturated heterocycles. The van der Waals surface area contributed by atoms with E-state index in [-0.39, 0.29) is 12.5 Å². The number of hydrogen-bond donors (Lipinski definition) is 1. The van der Waals surface area contributed by atoms with E-state index in [1.54, 1.807) is 47.2 Å². The monoisotopic (exact) mass is 262 g/mol. The van der Waals surface area contributed by atoms with Gasteiger partial charge in [0.05, 0.1) is 16.4 Å². The number of benzene rings is 1. The second kappa shape index (κ2) is 5.51. The number of para-hydroxylation sites is 1. The molecule has 4 nitrogen and oxygen atoms in total. The number of carbonyl (C=O) groups is 2. The number of carbonyl (C=O) groups excluding carboxylic acids is 2. The molecule has 0 atom stereocenters. The molecule has 5 heteroatoms. The molecule has 2 rings (SSSR count). The van der Waals surface area contributed by atoms with Gasteiger partial charge in [-0.3, -0.25) is 9.59 Å². The summed E-state index contributed by atoms with van der Waals surface area (Å²) in [5.74, 6) is -0.234. The van der Waals surface area contributed by atoms with Crippen LogP contribution in [-0.4, -0.2) is 16.8 Å². The van der Waals surface area contributed by atoms with E-state index in [1.807, 2.05) is 0 Å². The topological polar surface area (TPSA) is 51.1 Å². The van der Waals surface area contributed by atoms with Crippen molar-refractivity contribution >= 4 is 29.5 Å². The van der Waals surface area contributed by atoms with Crippen LogP contribution in [0.2, 0.25) is 5.02 Å². The van der Waals surface area contributed by atoms with Crippen LogP contribution in [0, 0.1) is 0 Å². The zero-order valence-electron chi connectivity index (χ0n) is 9.47. The van der Waals surface area contributed by atoms with Gasteiger partial charge in [0.15, 0.2) is 6.29 Å². The normalized spacial score (nSPS) is 10.1. The summed E-state index contributed by atoms with van der Waals surface area (Å²) in [6.45, 7) is 0.0757. The molecule has 0 radical (unpaired) electrons. The van der Waals surface area contributed by atoms with Gasteiger partial charge in [-0.05, 0) is 24.3 Å². The average molecular weight is 263 g/mol. The molecule has 0 spiro atoms. The quantitative estimate of drug-likeness (QED) is 0.861. The number of amides is 1. The van der Waals surface area contributed by atoms with Crippen LogP contribution in [0.25, 0.3) is 0 Å². The van der Waals surface area contributed by atoms with E-state index in [4.69, 9.17) is 11.6 Å². The third kappa shape index (κ3) is 2.78. The summed E-state index contributed by atoms with van der Waals surface area (Å²) < 4.78 is 1.57. The first-order chi connectivity index (χ1) is 8.70. The summed E-state index contributed by atoms with van der Waals surface area (Å²) >= 11 is 5.93. The van der Waals surface area contributed by atoms with Gasteiger partial charge < -0.3 is 9.88 Å². The molecule has 0 saturated carbocycles. The van der Waals surface area contributed by atoms with E-state index in [0.717, 1.165) is 0 Å². The van der Waals surface area contributed by atoms with Gasteiger partial charge in [-0.15, -0.1) is 0 Å². The first-order valence-corrected chi connectivity index (χ1v) is 5.73. The van der Waals surface area contributed by atoms with Gasteiger partial charge in [-0.1, -0.05) is 23.7 Å². The van der Waals surface area contributed by atoms with Crippen LogP contribution in [-0.2, 0) is 11.3 Å². The first-order valence-electron chi connectivity index (χ1n) is 5.35. The van der Waals surface area contributed by atoms with Crippen LogP contribution in [0.4, 0.5) is 5.69 Å². The maximum absolute atomic E-state index is 11.8. The standard InChI is InChI=1S/C13H11ClN2O2/c14-11-5-1-2-6-12(11)15-13(18)8-16-7-3-4-10(16)9-17/h1-7,9H,8H2,(H,15,18). The molecular formula is C13H11ClN2O2. The van der Waals surface area contributed by atoms with Crippen LogP contribution in [0.1, 0.15) is 10.5 Å². The molecule has 0 bridgehead atoms. The predicted octanol–water partition coefficient (Wildman–Crippen LogP) is 2.59. The van der Waals surface area contributed by atoms with Crippen molar-refractivity contribution in [3.05, 3.63) is 53.3 Å². The predicted molar refractivity (Wildman–Crippen MR) is 69.9 cm³/mol. The second-order valence-electron chi connectivity index (χ2n) is 3.71. The Kier molecular flexibility index (Phi) is 3.79. The molecule has 18 heavy (non-hydrogen) atoms. The van der Waals surface area contributed by atoms with Gasteiger partial charge in [0.2, 0.25) is 5.91 Å². The minimum atomic E-state index is -0.234. The molecule has 1 N–H and O–H groups in total. The second-order valence-corrected chi connectivity index (χ2v) is 4.11. The van der Waals surface area contributed by atoms with Crippen LogP contribution in [0.3, 0.4) is 0 Å². The summed E-state index contributed by atoms with van der Waals surface area (Å²) in [6, 6.07) is 10.4. The number of hydrogen-bond acceptors (Lipinski definition) is 2. The lowest BCUT2D eigenvalue weighted by atomic mass is 10.3. The van der Waals surface area contributed by atoms with Crippen molar-refractivity contribution in [1.29, 1.82) is 0 Å². The van der Waals surface area contributed by atoms with Gasteiger partial charge in [-0.2, -0.15) is 0 Å². The third-order valence-corrected chi connectivity index (χ3v) is 2.78. The van der Waals surface area contributed by atoms with E-state index >= 15 is 0 Å². The summed E-state index contributed by atoms with van der Waals surface area (Å²) in [6.07, 6.45) is 2.39. The number of anilines is 1. The summed E-state index contributed by atoms with van der Waals surface area (Å²) in [5.41, 5.74) is 1.02. The molecule has 1 heterocycles. The molecular weight excluding hydrogens is 252 g/mol. The van der Waals surface area contributed by atoms with Crippen LogP contribution < -0.4 is 5.32 Å². The Balaban J connectivity index is 2.06. The van der Waals surface area contributed by atoms with Gasteiger partial charge in [-0.25, -0.2) is 0 Å². The fourth-order valence-corrected chi connectivity index (χ4v) is 1.77. The van der Waals surface area contributed by atoms with Crippen molar-refractivity contribution in [1.82, 2.24) is 4.57 Å². The minimum Gasteiger partial charge on any atom is -0.336 e. The molecule has 1 aromatic carbocycles. The highest BCUT2D eigenvalue weighted by Crippen LogP contribution is 2.20. The maximum Gasteiger partial charge on any atom is 0.244 e. The number of rotatable bonds is 4. The molecule has 0 aliphatic heterocycles. The van der Waals surface area contributed by atoms with Gasteiger partial charge in [0.25, 0.3) is 0 Å².